The number of halogens is 1. The van der Waals surface area contributed by atoms with Crippen molar-refractivity contribution in [1.82, 2.24) is 0 Å². The molecule has 20 heavy (non-hydrogen) atoms. The summed E-state index contributed by atoms with van der Waals surface area (Å²) < 4.78 is 0. The van der Waals surface area contributed by atoms with Gasteiger partial charge in [-0.2, -0.15) is 0 Å². The third-order valence-electron chi connectivity index (χ3n) is 3.60. The zero-order valence-electron chi connectivity index (χ0n) is 11.1. The van der Waals surface area contributed by atoms with Crippen LogP contribution in [0, 0.1) is 5.92 Å². The third-order valence-corrected chi connectivity index (χ3v) is 3.91. The van der Waals surface area contributed by atoms with Gasteiger partial charge in [0.2, 0.25) is 5.91 Å². The van der Waals surface area contributed by atoms with Crippen LogP contribution in [0.25, 0.3) is 0 Å². The first-order valence-corrected chi connectivity index (χ1v) is 7.05. The summed E-state index contributed by atoms with van der Waals surface area (Å²) in [5.41, 5.74) is 6.53. The van der Waals surface area contributed by atoms with Gasteiger partial charge >= 0.3 is 0 Å². The van der Waals surface area contributed by atoms with Gasteiger partial charge in [0.1, 0.15) is 0 Å². The molecule has 1 aromatic rings. The first kappa shape index (κ1) is 14.7. The fraction of sp³-hybridized carbons (Fsp3) is 0.429. The summed E-state index contributed by atoms with van der Waals surface area (Å²) in [6, 6.07) is 4.86. The Bertz CT molecular complexity index is 525. The van der Waals surface area contributed by atoms with E-state index in [9.17, 15) is 4.79 Å². The van der Waals surface area contributed by atoms with E-state index < -0.39 is 0 Å². The molecule has 0 radical (unpaired) electrons. The lowest BCUT2D eigenvalue weighted by Gasteiger charge is -2.11. The number of amidine groups is 1. The molecule has 0 unspecified atom stereocenters. The van der Waals surface area contributed by atoms with E-state index in [2.05, 4.69) is 10.5 Å². The fourth-order valence-electron chi connectivity index (χ4n) is 2.51. The number of hydrogen-bond acceptors (Lipinski definition) is 3. The largest absolute Gasteiger partial charge is 0.409 e. The Labute approximate surface area is 122 Å². The average Bonchev–Trinajstić information content (AvgIpc) is 2.93. The molecule has 1 fully saturated rings. The molecule has 2 rings (SSSR count). The normalized spacial score (nSPS) is 16.4. The molecule has 0 aliphatic heterocycles. The monoisotopic (exact) mass is 295 g/mol. The predicted molar refractivity (Wildman–Crippen MR) is 79.2 cm³/mol. The molecule has 0 spiro atoms. The molecule has 0 aromatic heterocycles. The minimum Gasteiger partial charge on any atom is -0.409 e. The molecule has 4 N–H and O–H groups in total. The van der Waals surface area contributed by atoms with Gasteiger partial charge in [-0.3, -0.25) is 4.79 Å². The van der Waals surface area contributed by atoms with Crippen molar-refractivity contribution in [2.24, 2.45) is 16.8 Å². The maximum absolute atomic E-state index is 11.9. The fourth-order valence-corrected chi connectivity index (χ4v) is 2.74. The quantitative estimate of drug-likeness (QED) is 0.345. The van der Waals surface area contributed by atoms with Crippen molar-refractivity contribution in [1.29, 1.82) is 0 Å². The second kappa shape index (κ2) is 6.61. The Hall–Kier alpha value is -1.75. The molecule has 1 aliphatic rings. The number of rotatable bonds is 4. The van der Waals surface area contributed by atoms with Crippen molar-refractivity contribution >= 4 is 29.0 Å². The van der Waals surface area contributed by atoms with Crippen LogP contribution in [0.1, 0.15) is 37.7 Å². The first-order valence-electron chi connectivity index (χ1n) is 6.67. The summed E-state index contributed by atoms with van der Waals surface area (Å²) in [6.07, 6.45) is 5.23. The summed E-state index contributed by atoms with van der Waals surface area (Å²) in [5.74, 6) is 0.455. The van der Waals surface area contributed by atoms with Crippen LogP contribution in [0.2, 0.25) is 5.02 Å². The van der Waals surface area contributed by atoms with E-state index in [-0.39, 0.29) is 11.7 Å². The van der Waals surface area contributed by atoms with Gasteiger partial charge in [0.15, 0.2) is 5.84 Å². The Balaban J connectivity index is 2.00. The summed E-state index contributed by atoms with van der Waals surface area (Å²) in [4.78, 5) is 11.9. The van der Waals surface area contributed by atoms with Crippen molar-refractivity contribution < 1.29 is 10.0 Å². The number of amides is 1. The number of hydrogen-bond donors (Lipinski definition) is 3. The highest BCUT2D eigenvalue weighted by Crippen LogP contribution is 2.29. The molecule has 0 atom stereocenters. The highest BCUT2D eigenvalue weighted by molar-refractivity contribution is 6.34. The number of carbonyl (C=O) groups is 1. The van der Waals surface area contributed by atoms with Crippen LogP contribution >= 0.6 is 11.6 Å². The van der Waals surface area contributed by atoms with Gasteiger partial charge in [-0.15, -0.1) is 0 Å². The Morgan fingerprint density at radius 2 is 2.15 bits per heavy atom. The van der Waals surface area contributed by atoms with E-state index in [4.69, 9.17) is 22.5 Å². The number of nitrogens with one attached hydrogen (secondary N) is 1. The molecule has 6 heteroatoms. The molecule has 0 heterocycles. The lowest BCUT2D eigenvalue weighted by molar-refractivity contribution is -0.117. The molecule has 1 saturated carbocycles. The van der Waals surface area contributed by atoms with Gasteiger partial charge in [0.05, 0.1) is 10.7 Å². The predicted octanol–water partition coefficient (Wildman–Crippen LogP) is 2.95. The van der Waals surface area contributed by atoms with Crippen molar-refractivity contribution in [2.45, 2.75) is 32.1 Å². The molecule has 0 saturated heterocycles. The van der Waals surface area contributed by atoms with Gasteiger partial charge in [-0.1, -0.05) is 29.6 Å². The summed E-state index contributed by atoms with van der Waals surface area (Å²) in [6.45, 7) is 0. The Morgan fingerprint density at radius 3 is 2.75 bits per heavy atom. The van der Waals surface area contributed by atoms with E-state index in [1.807, 2.05) is 0 Å². The van der Waals surface area contributed by atoms with E-state index >= 15 is 0 Å². The number of carbonyl (C=O) groups excluding carboxylic acids is 1. The number of anilines is 1. The number of oxime groups is 1. The molecular weight excluding hydrogens is 278 g/mol. The summed E-state index contributed by atoms with van der Waals surface area (Å²) in [5, 5.41) is 14.7. The smallest absolute Gasteiger partial charge is 0.224 e. The number of nitrogens with two attached hydrogens (primary N) is 1. The minimum absolute atomic E-state index is 0.0178. The molecule has 5 nitrogen and oxygen atoms in total. The van der Waals surface area contributed by atoms with Crippen LogP contribution in [0.3, 0.4) is 0 Å². The SMILES string of the molecule is N/C(=N/O)c1ccc(NC(=O)CC2CCCC2)c(Cl)c1. The van der Waals surface area contributed by atoms with Crippen molar-refractivity contribution in [2.75, 3.05) is 5.32 Å². The maximum atomic E-state index is 11.9. The standard InChI is InChI=1S/C14H18ClN3O2/c15-11-8-10(14(16)18-20)5-6-12(11)17-13(19)7-9-3-1-2-4-9/h5-6,8-9,20H,1-4,7H2,(H2,16,18)(H,17,19). The van der Waals surface area contributed by atoms with Crippen LogP contribution in [-0.4, -0.2) is 17.0 Å². The van der Waals surface area contributed by atoms with E-state index in [0.717, 1.165) is 12.8 Å². The molecule has 108 valence electrons. The van der Waals surface area contributed by atoms with Gasteiger partial charge in [-0.25, -0.2) is 0 Å². The first-order chi connectivity index (χ1) is 9.60. The van der Waals surface area contributed by atoms with Crippen molar-refractivity contribution in [3.8, 4) is 0 Å². The van der Waals surface area contributed by atoms with Crippen molar-refractivity contribution in [3.05, 3.63) is 28.8 Å². The Morgan fingerprint density at radius 1 is 1.45 bits per heavy atom. The number of benzene rings is 1. The van der Waals surface area contributed by atoms with E-state index in [0.29, 0.717) is 28.6 Å². The lowest BCUT2D eigenvalue weighted by atomic mass is 10.0. The zero-order chi connectivity index (χ0) is 14.5. The molecule has 0 bridgehead atoms. The van der Waals surface area contributed by atoms with E-state index in [1.165, 1.54) is 12.8 Å². The van der Waals surface area contributed by atoms with E-state index in [1.54, 1.807) is 18.2 Å². The zero-order valence-corrected chi connectivity index (χ0v) is 11.9. The average molecular weight is 296 g/mol. The van der Waals surface area contributed by atoms with Crippen LogP contribution in [0.15, 0.2) is 23.4 Å². The van der Waals surface area contributed by atoms with Gasteiger partial charge in [-0.05, 0) is 37.0 Å². The van der Waals surface area contributed by atoms with Gasteiger partial charge < -0.3 is 16.3 Å². The molecule has 1 aromatic carbocycles. The van der Waals surface area contributed by atoms with Gasteiger partial charge in [0.25, 0.3) is 0 Å². The second-order valence-corrected chi connectivity index (χ2v) is 5.49. The second-order valence-electron chi connectivity index (χ2n) is 5.08. The van der Waals surface area contributed by atoms with Gasteiger partial charge in [0, 0.05) is 12.0 Å². The summed E-state index contributed by atoms with van der Waals surface area (Å²) in [7, 11) is 0. The van der Waals surface area contributed by atoms with Crippen LogP contribution < -0.4 is 11.1 Å². The van der Waals surface area contributed by atoms with Crippen LogP contribution in [0.5, 0.6) is 0 Å². The van der Waals surface area contributed by atoms with Crippen LogP contribution in [0.4, 0.5) is 5.69 Å². The topological polar surface area (TPSA) is 87.7 Å². The van der Waals surface area contributed by atoms with Crippen molar-refractivity contribution in [3.63, 3.8) is 0 Å². The minimum atomic E-state index is -0.0182. The lowest BCUT2D eigenvalue weighted by Crippen LogP contribution is -2.16. The Kier molecular flexibility index (Phi) is 4.84. The van der Waals surface area contributed by atoms with Crippen LogP contribution in [-0.2, 0) is 4.79 Å². The number of nitrogens with zero attached hydrogens (tertiary/aromatic N) is 1. The third kappa shape index (κ3) is 3.63. The highest BCUT2D eigenvalue weighted by atomic mass is 35.5. The molecular formula is C14H18ClN3O2. The maximum Gasteiger partial charge on any atom is 0.224 e. The highest BCUT2D eigenvalue weighted by Gasteiger charge is 2.19. The molecule has 1 aliphatic carbocycles. The summed E-state index contributed by atoms with van der Waals surface area (Å²) >= 11 is 6.08. The molecule has 1 amide bonds.